The number of aryl methyl sites for hydroxylation is 1. The van der Waals surface area contributed by atoms with E-state index >= 15 is 0 Å². The molecule has 1 fully saturated rings. The highest BCUT2D eigenvalue weighted by molar-refractivity contribution is 5.20. The minimum Gasteiger partial charge on any atom is -0.370 e. The number of rotatable bonds is 5. The third-order valence-corrected chi connectivity index (χ3v) is 3.18. The van der Waals surface area contributed by atoms with Crippen LogP contribution in [-0.4, -0.2) is 16.6 Å². The lowest BCUT2D eigenvalue weighted by molar-refractivity contribution is 0.0398. The van der Waals surface area contributed by atoms with Gasteiger partial charge < -0.3 is 10.5 Å². The Balaban J connectivity index is 2.22. The van der Waals surface area contributed by atoms with Crippen molar-refractivity contribution >= 4 is 0 Å². The van der Waals surface area contributed by atoms with Crippen LogP contribution in [0.3, 0.4) is 0 Å². The molecule has 1 aromatic heterocycles. The number of aromatic nitrogens is 2. The first-order chi connectivity index (χ1) is 8.13. The molecule has 0 spiro atoms. The van der Waals surface area contributed by atoms with Crippen LogP contribution >= 0.6 is 0 Å². The van der Waals surface area contributed by atoms with Crippen LogP contribution in [0.2, 0.25) is 0 Å². The average Bonchev–Trinajstić information content (AvgIpc) is 3.09. The minimum absolute atomic E-state index is 0.0180. The van der Waals surface area contributed by atoms with Crippen molar-refractivity contribution in [1.82, 2.24) is 9.97 Å². The summed E-state index contributed by atoms with van der Waals surface area (Å²) in [5, 5.41) is 0. The number of hydrogen-bond acceptors (Lipinski definition) is 4. The van der Waals surface area contributed by atoms with E-state index in [0.717, 1.165) is 17.1 Å². The van der Waals surface area contributed by atoms with Gasteiger partial charge in [0.25, 0.3) is 0 Å². The summed E-state index contributed by atoms with van der Waals surface area (Å²) in [6.45, 7) is 6.66. The Bertz CT molecular complexity index is 388. The third-order valence-electron chi connectivity index (χ3n) is 3.18. The Morgan fingerprint density at radius 2 is 2.24 bits per heavy atom. The molecule has 1 aliphatic carbocycles. The summed E-state index contributed by atoms with van der Waals surface area (Å²) in [7, 11) is 0. The van der Waals surface area contributed by atoms with Crippen molar-refractivity contribution in [2.45, 2.75) is 45.8 Å². The Morgan fingerprint density at radius 1 is 1.53 bits per heavy atom. The summed E-state index contributed by atoms with van der Waals surface area (Å²) >= 11 is 0. The van der Waals surface area contributed by atoms with Crippen molar-refractivity contribution in [3.63, 3.8) is 0 Å². The third kappa shape index (κ3) is 2.82. The molecule has 1 aromatic rings. The molecule has 2 atom stereocenters. The van der Waals surface area contributed by atoms with Gasteiger partial charge >= 0.3 is 0 Å². The van der Waals surface area contributed by atoms with Crippen molar-refractivity contribution in [3.05, 3.63) is 23.3 Å². The second-order valence-electron chi connectivity index (χ2n) is 4.77. The van der Waals surface area contributed by atoms with Crippen LogP contribution in [0.25, 0.3) is 0 Å². The van der Waals surface area contributed by atoms with Crippen LogP contribution < -0.4 is 5.73 Å². The number of hydrogen-bond donors (Lipinski definition) is 1. The molecular formula is C13H21N3O. The lowest BCUT2D eigenvalue weighted by Crippen LogP contribution is -2.15. The monoisotopic (exact) mass is 235 g/mol. The molecule has 2 N–H and O–H groups in total. The zero-order valence-corrected chi connectivity index (χ0v) is 10.8. The lowest BCUT2D eigenvalue weighted by atomic mass is 10.1. The molecule has 0 aromatic carbocycles. The topological polar surface area (TPSA) is 61.0 Å². The van der Waals surface area contributed by atoms with Crippen LogP contribution in [0.5, 0.6) is 0 Å². The van der Waals surface area contributed by atoms with Crippen molar-refractivity contribution in [2.24, 2.45) is 11.7 Å². The van der Waals surface area contributed by atoms with Gasteiger partial charge in [0.2, 0.25) is 0 Å². The SMILES string of the molecule is CCOC(c1ncc([C@H](C)N)c(C)n1)C1CC1. The van der Waals surface area contributed by atoms with E-state index in [4.69, 9.17) is 10.5 Å². The molecule has 1 heterocycles. The predicted molar refractivity (Wildman–Crippen MR) is 66.5 cm³/mol. The summed E-state index contributed by atoms with van der Waals surface area (Å²) in [6.07, 6.45) is 4.36. The molecule has 17 heavy (non-hydrogen) atoms. The van der Waals surface area contributed by atoms with Crippen LogP contribution in [0, 0.1) is 12.8 Å². The molecule has 1 saturated carbocycles. The van der Waals surface area contributed by atoms with Gasteiger partial charge in [0.1, 0.15) is 6.10 Å². The van der Waals surface area contributed by atoms with Crippen molar-refractivity contribution < 1.29 is 4.74 Å². The van der Waals surface area contributed by atoms with E-state index in [9.17, 15) is 0 Å². The van der Waals surface area contributed by atoms with Gasteiger partial charge in [-0.15, -0.1) is 0 Å². The van der Waals surface area contributed by atoms with Crippen molar-refractivity contribution in [3.8, 4) is 0 Å². The maximum absolute atomic E-state index is 5.86. The highest BCUT2D eigenvalue weighted by atomic mass is 16.5. The van der Waals surface area contributed by atoms with Crippen LogP contribution in [0.4, 0.5) is 0 Å². The predicted octanol–water partition coefficient (Wildman–Crippen LogP) is 2.29. The van der Waals surface area contributed by atoms with Gasteiger partial charge in [0.15, 0.2) is 5.82 Å². The van der Waals surface area contributed by atoms with Gasteiger partial charge in [-0.05, 0) is 39.5 Å². The fraction of sp³-hybridized carbons (Fsp3) is 0.692. The number of ether oxygens (including phenoxy) is 1. The molecule has 4 heteroatoms. The van der Waals surface area contributed by atoms with E-state index in [1.807, 2.05) is 27.0 Å². The van der Waals surface area contributed by atoms with Gasteiger partial charge in [0, 0.05) is 30.1 Å². The number of nitrogens with two attached hydrogens (primary N) is 1. The van der Waals surface area contributed by atoms with E-state index in [-0.39, 0.29) is 12.1 Å². The van der Waals surface area contributed by atoms with E-state index in [2.05, 4.69) is 9.97 Å². The molecule has 0 radical (unpaired) electrons. The molecule has 0 saturated heterocycles. The Morgan fingerprint density at radius 3 is 2.71 bits per heavy atom. The highest BCUT2D eigenvalue weighted by Gasteiger charge is 2.35. The Hall–Kier alpha value is -1.00. The standard InChI is InChI=1S/C13H21N3O/c1-4-17-12(10-5-6-10)13-15-7-11(8(2)14)9(3)16-13/h7-8,10,12H,4-6,14H2,1-3H3/t8-,12?/m0/s1. The molecule has 4 nitrogen and oxygen atoms in total. The van der Waals surface area contributed by atoms with Gasteiger partial charge in [-0.25, -0.2) is 9.97 Å². The maximum atomic E-state index is 5.86. The molecule has 0 bridgehead atoms. The summed E-state index contributed by atoms with van der Waals surface area (Å²) < 4.78 is 5.75. The molecule has 94 valence electrons. The molecule has 1 unspecified atom stereocenters. The molecule has 2 rings (SSSR count). The van der Waals surface area contributed by atoms with E-state index in [1.54, 1.807) is 0 Å². The van der Waals surface area contributed by atoms with E-state index in [0.29, 0.717) is 12.5 Å². The second-order valence-corrected chi connectivity index (χ2v) is 4.77. The van der Waals surface area contributed by atoms with Gasteiger partial charge in [0.05, 0.1) is 0 Å². The minimum atomic E-state index is -0.0180. The zero-order valence-electron chi connectivity index (χ0n) is 10.8. The molecule has 0 amide bonds. The Kier molecular flexibility index (Phi) is 3.74. The van der Waals surface area contributed by atoms with Gasteiger partial charge in [-0.3, -0.25) is 0 Å². The summed E-state index contributed by atoms with van der Waals surface area (Å²) in [5.74, 6) is 1.42. The lowest BCUT2D eigenvalue weighted by Gasteiger charge is -2.17. The summed E-state index contributed by atoms with van der Waals surface area (Å²) in [6, 6.07) is -0.0180. The van der Waals surface area contributed by atoms with Crippen LogP contribution in [0.1, 0.15) is 55.9 Å². The molecule has 1 aliphatic rings. The van der Waals surface area contributed by atoms with Crippen LogP contribution in [-0.2, 0) is 4.74 Å². The van der Waals surface area contributed by atoms with Gasteiger partial charge in [-0.2, -0.15) is 0 Å². The maximum Gasteiger partial charge on any atom is 0.157 e. The second kappa shape index (κ2) is 5.10. The largest absolute Gasteiger partial charge is 0.370 e. The van der Waals surface area contributed by atoms with Gasteiger partial charge in [-0.1, -0.05) is 0 Å². The van der Waals surface area contributed by atoms with Crippen molar-refractivity contribution in [2.75, 3.05) is 6.61 Å². The first-order valence-corrected chi connectivity index (χ1v) is 6.34. The summed E-state index contributed by atoms with van der Waals surface area (Å²) in [5.41, 5.74) is 7.84. The average molecular weight is 235 g/mol. The fourth-order valence-electron chi connectivity index (χ4n) is 2.08. The first kappa shape index (κ1) is 12.5. The molecule has 0 aliphatic heterocycles. The smallest absolute Gasteiger partial charge is 0.157 e. The van der Waals surface area contributed by atoms with Crippen molar-refractivity contribution in [1.29, 1.82) is 0 Å². The van der Waals surface area contributed by atoms with E-state index in [1.165, 1.54) is 12.8 Å². The first-order valence-electron chi connectivity index (χ1n) is 6.34. The molecular weight excluding hydrogens is 214 g/mol. The summed E-state index contributed by atoms with van der Waals surface area (Å²) in [4.78, 5) is 8.98. The highest BCUT2D eigenvalue weighted by Crippen LogP contribution is 2.42. The van der Waals surface area contributed by atoms with Crippen LogP contribution in [0.15, 0.2) is 6.20 Å². The Labute approximate surface area is 103 Å². The van der Waals surface area contributed by atoms with E-state index < -0.39 is 0 Å². The quantitative estimate of drug-likeness (QED) is 0.850. The zero-order chi connectivity index (χ0) is 12.4. The fourth-order valence-corrected chi connectivity index (χ4v) is 2.08. The number of nitrogens with zero attached hydrogens (tertiary/aromatic N) is 2. The normalized spacial score (nSPS) is 19.1.